The van der Waals surface area contributed by atoms with Crippen molar-refractivity contribution in [2.75, 3.05) is 85.3 Å². The highest BCUT2D eigenvalue weighted by atomic mass is 16.5. The molecule has 0 unspecified atom stereocenters. The van der Waals surface area contributed by atoms with Crippen LogP contribution < -0.4 is 0 Å². The van der Waals surface area contributed by atoms with Crippen molar-refractivity contribution in [1.82, 2.24) is 14.7 Å². The van der Waals surface area contributed by atoms with E-state index in [9.17, 15) is 19.6 Å². The van der Waals surface area contributed by atoms with E-state index in [1.54, 1.807) is 0 Å². The molecule has 10 heteroatoms. The summed E-state index contributed by atoms with van der Waals surface area (Å²) in [6, 6.07) is 0. The molecule has 0 amide bonds. The number of carbonyl (C=O) groups is 2. The highest BCUT2D eigenvalue weighted by Gasteiger charge is 2.08. The van der Waals surface area contributed by atoms with Crippen molar-refractivity contribution in [2.24, 2.45) is 5.18 Å². The van der Waals surface area contributed by atoms with E-state index < -0.39 is 0 Å². The van der Waals surface area contributed by atoms with Crippen molar-refractivity contribution in [1.29, 1.82) is 0 Å². The fourth-order valence-electron chi connectivity index (χ4n) is 9.97. The van der Waals surface area contributed by atoms with E-state index in [1.807, 2.05) is 0 Å². The molecule has 0 aliphatic rings. The molecule has 0 fully saturated rings. The highest BCUT2D eigenvalue weighted by Crippen LogP contribution is 2.15. The third-order valence-electron chi connectivity index (χ3n) is 14.7. The summed E-state index contributed by atoms with van der Waals surface area (Å²) in [7, 11) is 0. The SMILES string of the molecule is CCCCC/C=C\CCN(CCO)CCCCCCCCCOC(=O)CCCCCCCCCN(CCC)CCCCCCCCCC(=O)OCCCCCCCCCCN(CC/C=C\CCCCC)CCN=O. The van der Waals surface area contributed by atoms with Crippen LogP contribution >= 0.6 is 0 Å². The van der Waals surface area contributed by atoms with Gasteiger partial charge in [0.25, 0.3) is 0 Å². The summed E-state index contributed by atoms with van der Waals surface area (Å²) in [6.07, 6.45) is 58.7. The Morgan fingerprint density at radius 3 is 1.03 bits per heavy atom. The summed E-state index contributed by atoms with van der Waals surface area (Å²) < 4.78 is 11.0. The van der Waals surface area contributed by atoms with Crippen LogP contribution in [0, 0.1) is 4.91 Å². The van der Waals surface area contributed by atoms with Gasteiger partial charge in [-0.25, -0.2) is 0 Å². The zero-order valence-corrected chi connectivity index (χ0v) is 49.5. The maximum atomic E-state index is 12.2. The maximum Gasteiger partial charge on any atom is 0.305 e. The third kappa shape index (κ3) is 56.1. The number of unbranched alkanes of at least 4 members (excludes halogenated alkanes) is 31. The number of nitrogens with zero attached hydrogens (tertiary/aromatic N) is 4. The van der Waals surface area contributed by atoms with E-state index in [1.165, 1.54) is 212 Å². The number of allylic oxidation sites excluding steroid dienone is 2. The Kier molecular flexibility index (Phi) is 59.9. The molecule has 0 bridgehead atoms. The summed E-state index contributed by atoms with van der Waals surface area (Å²) in [5, 5.41) is 12.5. The number of hydrogen-bond acceptors (Lipinski definition) is 10. The lowest BCUT2D eigenvalue weighted by atomic mass is 10.1. The molecule has 436 valence electrons. The third-order valence-corrected chi connectivity index (χ3v) is 14.7. The van der Waals surface area contributed by atoms with Crippen LogP contribution in [-0.2, 0) is 19.1 Å². The first-order valence-electron chi connectivity index (χ1n) is 32.2. The van der Waals surface area contributed by atoms with Crippen LogP contribution in [-0.4, -0.2) is 117 Å². The fourth-order valence-corrected chi connectivity index (χ4v) is 9.97. The monoisotopic (exact) mass is 1040 g/mol. The quantitative estimate of drug-likeness (QED) is 0.0275. The number of hydrogen-bond donors (Lipinski definition) is 1. The summed E-state index contributed by atoms with van der Waals surface area (Å²) >= 11 is 0. The van der Waals surface area contributed by atoms with Crippen LogP contribution in [0.25, 0.3) is 0 Å². The van der Waals surface area contributed by atoms with Crippen LogP contribution in [0.15, 0.2) is 29.5 Å². The van der Waals surface area contributed by atoms with Gasteiger partial charge in [0.1, 0.15) is 0 Å². The van der Waals surface area contributed by atoms with Gasteiger partial charge < -0.3 is 29.3 Å². The molecule has 0 aromatic rings. The van der Waals surface area contributed by atoms with Crippen LogP contribution in [0.3, 0.4) is 0 Å². The van der Waals surface area contributed by atoms with Crippen molar-refractivity contribution in [2.45, 2.75) is 290 Å². The van der Waals surface area contributed by atoms with E-state index in [0.717, 1.165) is 103 Å². The standard InChI is InChI=1S/C64H124N4O6/c1-4-7-9-11-20-30-42-54-67(58-50-65-72)55-43-34-22-13-14-26-36-46-61-73-63(70)48-38-28-18-15-23-32-40-52-66(51-6-3)53-41-33-24-16-19-29-39-49-64(71)74-62-47-37-27-17-25-35-45-57-68(59-60-69)56-44-31-21-12-10-8-5-2/h20-21,30-31,69H,4-19,22-29,32-62H2,1-3H3/b30-20-,31-21-. The van der Waals surface area contributed by atoms with Gasteiger partial charge >= 0.3 is 11.9 Å². The van der Waals surface area contributed by atoms with Crippen LogP contribution in [0.2, 0.25) is 0 Å². The molecule has 74 heavy (non-hydrogen) atoms. The minimum absolute atomic E-state index is 0.0149. The van der Waals surface area contributed by atoms with Gasteiger partial charge in [-0.15, -0.1) is 0 Å². The van der Waals surface area contributed by atoms with Gasteiger partial charge in [0.15, 0.2) is 0 Å². The second kappa shape index (κ2) is 61.7. The topological polar surface area (TPSA) is 112 Å². The van der Waals surface area contributed by atoms with Gasteiger partial charge in [0.05, 0.1) is 26.4 Å². The molecule has 1 N–H and O–H groups in total. The van der Waals surface area contributed by atoms with Gasteiger partial charge in [0.2, 0.25) is 0 Å². The van der Waals surface area contributed by atoms with E-state index in [4.69, 9.17) is 9.47 Å². The van der Waals surface area contributed by atoms with Crippen molar-refractivity contribution in [3.05, 3.63) is 29.2 Å². The molecule has 0 aromatic heterocycles. The Hall–Kier alpha value is -2.14. The number of ether oxygens (including phenoxy) is 2. The zero-order chi connectivity index (χ0) is 53.7. The van der Waals surface area contributed by atoms with Crippen LogP contribution in [0.4, 0.5) is 0 Å². The number of rotatable bonds is 62. The van der Waals surface area contributed by atoms with Crippen LogP contribution in [0.5, 0.6) is 0 Å². The van der Waals surface area contributed by atoms with E-state index in [0.29, 0.717) is 32.6 Å². The molecule has 0 aromatic carbocycles. The molecule has 0 rings (SSSR count). The number of carbonyl (C=O) groups excluding carboxylic acids is 2. The van der Waals surface area contributed by atoms with Crippen molar-refractivity contribution in [3.63, 3.8) is 0 Å². The lowest BCUT2D eigenvalue weighted by Gasteiger charge is -2.21. The Bertz CT molecular complexity index is 1220. The average Bonchev–Trinajstić information content (AvgIpc) is 3.40. The number of aliphatic hydroxyl groups excluding tert-OH is 1. The van der Waals surface area contributed by atoms with Crippen LogP contribution in [0.1, 0.15) is 290 Å². The van der Waals surface area contributed by atoms with Crippen molar-refractivity contribution < 1.29 is 24.2 Å². The summed E-state index contributed by atoms with van der Waals surface area (Å²) in [5.74, 6) is -0.0318. The Labute approximate surface area is 459 Å². The van der Waals surface area contributed by atoms with Gasteiger partial charge in [-0.05, 0) is 129 Å². The molecule has 10 nitrogen and oxygen atoms in total. The molecule has 0 radical (unpaired) electrons. The molecular weight excluding hydrogens is 921 g/mol. The van der Waals surface area contributed by atoms with Crippen molar-refractivity contribution in [3.8, 4) is 0 Å². The predicted molar refractivity (Wildman–Crippen MR) is 318 cm³/mol. The minimum atomic E-state index is -0.0169. The Balaban J connectivity index is 3.62. The summed E-state index contributed by atoms with van der Waals surface area (Å²) in [6.45, 7) is 18.0. The number of esters is 2. The lowest BCUT2D eigenvalue weighted by molar-refractivity contribution is -0.144. The average molecular weight is 1050 g/mol. The molecule has 0 aliphatic carbocycles. The smallest absolute Gasteiger partial charge is 0.305 e. The molecule has 0 spiro atoms. The maximum absolute atomic E-state index is 12.2. The van der Waals surface area contributed by atoms with E-state index in [-0.39, 0.29) is 18.5 Å². The minimum Gasteiger partial charge on any atom is -0.466 e. The Morgan fingerprint density at radius 2 is 0.676 bits per heavy atom. The first kappa shape index (κ1) is 71.9. The highest BCUT2D eigenvalue weighted by molar-refractivity contribution is 5.69. The molecule has 0 atom stereocenters. The fraction of sp³-hybridized carbons (Fsp3) is 0.906. The molecule has 0 saturated heterocycles. The molecular formula is C64H124N4O6. The number of nitroso groups, excluding NO2 is 1. The van der Waals surface area contributed by atoms with Gasteiger partial charge in [-0.2, -0.15) is 4.91 Å². The lowest BCUT2D eigenvalue weighted by Crippen LogP contribution is -2.28. The Morgan fingerprint density at radius 1 is 0.351 bits per heavy atom. The molecule has 0 aliphatic heterocycles. The van der Waals surface area contributed by atoms with Gasteiger partial charge in [-0.1, -0.05) is 211 Å². The molecule has 0 saturated carbocycles. The van der Waals surface area contributed by atoms with E-state index >= 15 is 0 Å². The zero-order valence-electron chi connectivity index (χ0n) is 49.5. The summed E-state index contributed by atoms with van der Waals surface area (Å²) in [5.41, 5.74) is 0. The second-order valence-electron chi connectivity index (χ2n) is 21.8. The van der Waals surface area contributed by atoms with Crippen molar-refractivity contribution >= 4 is 11.9 Å². The van der Waals surface area contributed by atoms with Gasteiger partial charge in [0, 0.05) is 39.0 Å². The predicted octanol–water partition coefficient (Wildman–Crippen LogP) is 17.3. The first-order chi connectivity index (χ1) is 36.5. The normalized spacial score (nSPS) is 11.9. The largest absolute Gasteiger partial charge is 0.466 e. The second-order valence-corrected chi connectivity index (χ2v) is 21.8. The molecule has 0 heterocycles. The first-order valence-corrected chi connectivity index (χ1v) is 32.2. The summed E-state index contributed by atoms with van der Waals surface area (Å²) in [4.78, 5) is 42.6. The van der Waals surface area contributed by atoms with E-state index in [2.05, 4.69) is 65.0 Å². The number of aliphatic hydroxyl groups is 1. The van der Waals surface area contributed by atoms with Gasteiger partial charge in [-0.3, -0.25) is 9.59 Å².